The minimum Gasteiger partial charge on any atom is -0.481 e. The van der Waals surface area contributed by atoms with Crippen LogP contribution in [0.15, 0.2) is 36.0 Å². The molecule has 1 aromatic rings. The van der Waals surface area contributed by atoms with Crippen LogP contribution in [0.1, 0.15) is 37.7 Å². The first-order valence-electron chi connectivity index (χ1n) is 8.07. The van der Waals surface area contributed by atoms with Crippen LogP contribution < -0.4 is 10.6 Å². The molecule has 0 saturated heterocycles. The molecule has 0 spiro atoms. The summed E-state index contributed by atoms with van der Waals surface area (Å²) in [6, 6.07) is 8.87. The number of carbonyl (C=O) groups is 2. The van der Waals surface area contributed by atoms with Crippen molar-refractivity contribution in [2.24, 2.45) is 0 Å². The molecule has 6 heteroatoms. The van der Waals surface area contributed by atoms with E-state index in [9.17, 15) is 9.59 Å². The van der Waals surface area contributed by atoms with Gasteiger partial charge in [0.25, 0.3) is 5.91 Å². The Kier molecular flexibility index (Phi) is 6.38. The Bertz CT molecular complexity index is 653. The molecule has 1 aliphatic carbocycles. The second-order valence-corrected chi connectivity index (χ2v) is 5.89. The predicted molar refractivity (Wildman–Crippen MR) is 90.1 cm³/mol. The van der Waals surface area contributed by atoms with Crippen LogP contribution in [-0.4, -0.2) is 23.0 Å². The SMILES string of the molecule is N#C/C(=C/Nc1ccc(CC(=O)O)cc1)C(=O)NC1CCCCC1. The number of anilines is 1. The summed E-state index contributed by atoms with van der Waals surface area (Å²) in [5.74, 6) is -1.25. The Balaban J connectivity index is 1.93. The normalized spacial score (nSPS) is 15.4. The van der Waals surface area contributed by atoms with Gasteiger partial charge in [0.15, 0.2) is 0 Å². The number of nitrogens with zero attached hydrogens (tertiary/aromatic N) is 1. The highest BCUT2D eigenvalue weighted by Gasteiger charge is 2.17. The number of carbonyl (C=O) groups excluding carboxylic acids is 1. The fourth-order valence-corrected chi connectivity index (χ4v) is 2.71. The maximum absolute atomic E-state index is 12.1. The second kappa shape index (κ2) is 8.73. The van der Waals surface area contributed by atoms with E-state index in [4.69, 9.17) is 10.4 Å². The fourth-order valence-electron chi connectivity index (χ4n) is 2.71. The minimum atomic E-state index is -0.887. The highest BCUT2D eigenvalue weighted by atomic mass is 16.4. The summed E-state index contributed by atoms with van der Waals surface area (Å²) >= 11 is 0. The Labute approximate surface area is 141 Å². The van der Waals surface area contributed by atoms with Gasteiger partial charge < -0.3 is 15.7 Å². The van der Waals surface area contributed by atoms with Crippen molar-refractivity contribution in [3.8, 4) is 6.07 Å². The molecule has 126 valence electrons. The highest BCUT2D eigenvalue weighted by molar-refractivity contribution is 5.97. The standard InChI is InChI=1S/C18H21N3O3/c19-11-14(18(24)21-16-4-2-1-3-5-16)12-20-15-8-6-13(7-9-15)10-17(22)23/h6-9,12,16,20H,1-5,10H2,(H,21,24)(H,22,23)/b14-12-. The van der Waals surface area contributed by atoms with Gasteiger partial charge in [-0.1, -0.05) is 31.4 Å². The quantitative estimate of drug-likeness (QED) is 0.550. The molecule has 2 rings (SSSR count). The number of aliphatic carboxylic acids is 1. The van der Waals surface area contributed by atoms with E-state index in [1.54, 1.807) is 24.3 Å². The first-order chi connectivity index (χ1) is 11.6. The van der Waals surface area contributed by atoms with Crippen molar-refractivity contribution in [3.63, 3.8) is 0 Å². The molecule has 6 nitrogen and oxygen atoms in total. The smallest absolute Gasteiger partial charge is 0.307 e. The summed E-state index contributed by atoms with van der Waals surface area (Å²) in [7, 11) is 0. The van der Waals surface area contributed by atoms with Gasteiger partial charge in [0.2, 0.25) is 0 Å². The molecule has 1 aromatic carbocycles. The third-order valence-electron chi connectivity index (χ3n) is 4.00. The van der Waals surface area contributed by atoms with Gasteiger partial charge in [0, 0.05) is 17.9 Å². The fraction of sp³-hybridized carbons (Fsp3) is 0.389. The summed E-state index contributed by atoms with van der Waals surface area (Å²) in [6.45, 7) is 0. The van der Waals surface area contributed by atoms with Crippen LogP contribution in [0.5, 0.6) is 0 Å². The number of carboxylic acid groups (broad SMARTS) is 1. The molecule has 0 bridgehead atoms. The zero-order valence-corrected chi connectivity index (χ0v) is 13.4. The topological polar surface area (TPSA) is 102 Å². The Morgan fingerprint density at radius 1 is 1.21 bits per heavy atom. The van der Waals surface area contributed by atoms with E-state index in [0.717, 1.165) is 25.7 Å². The van der Waals surface area contributed by atoms with Gasteiger partial charge in [-0.25, -0.2) is 0 Å². The van der Waals surface area contributed by atoms with Crippen LogP contribution in [0.2, 0.25) is 0 Å². The third-order valence-corrected chi connectivity index (χ3v) is 4.00. The van der Waals surface area contributed by atoms with Crippen molar-refractivity contribution in [1.29, 1.82) is 5.26 Å². The molecule has 1 saturated carbocycles. The molecule has 0 radical (unpaired) electrons. The molecule has 0 aromatic heterocycles. The lowest BCUT2D eigenvalue weighted by molar-refractivity contribution is -0.136. The van der Waals surface area contributed by atoms with E-state index in [1.165, 1.54) is 12.6 Å². The number of hydrogen-bond acceptors (Lipinski definition) is 4. The second-order valence-electron chi connectivity index (χ2n) is 5.89. The van der Waals surface area contributed by atoms with Crippen LogP contribution >= 0.6 is 0 Å². The number of hydrogen-bond donors (Lipinski definition) is 3. The summed E-state index contributed by atoms with van der Waals surface area (Å²) < 4.78 is 0. The Hall–Kier alpha value is -2.81. The predicted octanol–water partition coefficient (Wildman–Crippen LogP) is 2.58. The monoisotopic (exact) mass is 327 g/mol. The minimum absolute atomic E-state index is 0.0233. The van der Waals surface area contributed by atoms with Gasteiger partial charge in [-0.05, 0) is 30.5 Å². The van der Waals surface area contributed by atoms with Crippen LogP contribution in [0.4, 0.5) is 5.69 Å². The zero-order chi connectivity index (χ0) is 17.4. The lowest BCUT2D eigenvalue weighted by Crippen LogP contribution is -2.37. The number of nitriles is 1. The zero-order valence-electron chi connectivity index (χ0n) is 13.4. The summed E-state index contributed by atoms with van der Waals surface area (Å²) in [6.07, 6.45) is 6.68. The van der Waals surface area contributed by atoms with Crippen molar-refractivity contribution in [1.82, 2.24) is 5.32 Å². The number of rotatable bonds is 6. The van der Waals surface area contributed by atoms with Gasteiger partial charge in [-0.3, -0.25) is 9.59 Å². The van der Waals surface area contributed by atoms with E-state index in [1.807, 2.05) is 6.07 Å². The van der Waals surface area contributed by atoms with E-state index < -0.39 is 5.97 Å². The number of carboxylic acids is 1. The van der Waals surface area contributed by atoms with Gasteiger partial charge in [0.1, 0.15) is 11.6 Å². The van der Waals surface area contributed by atoms with Gasteiger partial charge in [-0.2, -0.15) is 5.26 Å². The number of amides is 1. The largest absolute Gasteiger partial charge is 0.481 e. The molecule has 0 atom stereocenters. The Morgan fingerprint density at radius 3 is 2.46 bits per heavy atom. The molecule has 3 N–H and O–H groups in total. The molecule has 0 unspecified atom stereocenters. The summed E-state index contributed by atoms with van der Waals surface area (Å²) in [5.41, 5.74) is 1.39. The van der Waals surface area contributed by atoms with Crippen LogP contribution in [0, 0.1) is 11.3 Å². The average molecular weight is 327 g/mol. The lowest BCUT2D eigenvalue weighted by Gasteiger charge is -2.22. The Morgan fingerprint density at radius 2 is 1.88 bits per heavy atom. The average Bonchev–Trinajstić information content (AvgIpc) is 2.57. The van der Waals surface area contributed by atoms with E-state index >= 15 is 0 Å². The molecule has 1 amide bonds. The van der Waals surface area contributed by atoms with Crippen molar-refractivity contribution in [3.05, 3.63) is 41.6 Å². The van der Waals surface area contributed by atoms with E-state index in [-0.39, 0.29) is 23.9 Å². The van der Waals surface area contributed by atoms with Crippen LogP contribution in [0.25, 0.3) is 0 Å². The number of nitrogens with one attached hydrogen (secondary N) is 2. The van der Waals surface area contributed by atoms with Crippen LogP contribution in [-0.2, 0) is 16.0 Å². The molecular weight excluding hydrogens is 306 g/mol. The van der Waals surface area contributed by atoms with Crippen molar-refractivity contribution < 1.29 is 14.7 Å². The first kappa shape index (κ1) is 17.5. The summed E-state index contributed by atoms with van der Waals surface area (Å²) in [4.78, 5) is 22.8. The first-order valence-corrected chi connectivity index (χ1v) is 8.07. The maximum Gasteiger partial charge on any atom is 0.307 e. The van der Waals surface area contributed by atoms with Gasteiger partial charge in [0.05, 0.1) is 6.42 Å². The molecule has 0 aliphatic heterocycles. The molecular formula is C18H21N3O3. The molecule has 24 heavy (non-hydrogen) atoms. The van der Waals surface area contributed by atoms with Crippen molar-refractivity contribution in [2.45, 2.75) is 44.6 Å². The molecule has 1 fully saturated rings. The van der Waals surface area contributed by atoms with E-state index in [0.29, 0.717) is 11.3 Å². The van der Waals surface area contributed by atoms with Crippen LogP contribution in [0.3, 0.4) is 0 Å². The lowest BCUT2D eigenvalue weighted by atomic mass is 9.95. The van der Waals surface area contributed by atoms with E-state index in [2.05, 4.69) is 10.6 Å². The van der Waals surface area contributed by atoms with Crippen molar-refractivity contribution in [2.75, 3.05) is 5.32 Å². The van der Waals surface area contributed by atoms with Gasteiger partial charge >= 0.3 is 5.97 Å². The molecule has 0 heterocycles. The van der Waals surface area contributed by atoms with Gasteiger partial charge in [-0.15, -0.1) is 0 Å². The van der Waals surface area contributed by atoms with Crippen molar-refractivity contribution >= 4 is 17.6 Å². The molecule has 1 aliphatic rings. The summed E-state index contributed by atoms with van der Waals surface area (Å²) in [5, 5.41) is 23.7. The maximum atomic E-state index is 12.1. The third kappa shape index (κ3) is 5.43. The highest BCUT2D eigenvalue weighted by Crippen LogP contribution is 2.17. The number of benzene rings is 1.